The van der Waals surface area contributed by atoms with E-state index in [0.717, 1.165) is 65.9 Å². The van der Waals surface area contributed by atoms with Gasteiger partial charge in [0.1, 0.15) is 11.6 Å². The first-order valence-corrected chi connectivity index (χ1v) is 11.1. The predicted octanol–water partition coefficient (Wildman–Crippen LogP) is 3.99. The van der Waals surface area contributed by atoms with E-state index in [-0.39, 0.29) is 0 Å². The first-order chi connectivity index (χ1) is 15.8. The molecule has 2 saturated heterocycles. The third-order valence-corrected chi connectivity index (χ3v) is 6.54. The van der Waals surface area contributed by atoms with Crippen molar-refractivity contribution in [1.29, 1.82) is 0 Å². The van der Waals surface area contributed by atoms with E-state index in [1.54, 1.807) is 7.11 Å². The summed E-state index contributed by atoms with van der Waals surface area (Å²) in [6.45, 7) is 3.74. The molecule has 32 heavy (non-hydrogen) atoms. The van der Waals surface area contributed by atoms with E-state index in [2.05, 4.69) is 40.5 Å². The molecule has 6 nitrogen and oxygen atoms in total. The summed E-state index contributed by atoms with van der Waals surface area (Å²) >= 11 is 0. The number of nitrogens with zero attached hydrogens (tertiary/aromatic N) is 4. The summed E-state index contributed by atoms with van der Waals surface area (Å²) in [4.78, 5) is 17.2. The Kier molecular flexibility index (Phi) is 4.72. The summed E-state index contributed by atoms with van der Waals surface area (Å²) in [5.41, 5.74) is 5.21. The van der Waals surface area contributed by atoms with Gasteiger partial charge in [-0.25, -0.2) is 4.98 Å². The summed E-state index contributed by atoms with van der Waals surface area (Å²) in [5.74, 6) is 2.64. The molecule has 2 aromatic carbocycles. The molecule has 0 unspecified atom stereocenters. The largest absolute Gasteiger partial charge is 0.497 e. The van der Waals surface area contributed by atoms with Crippen LogP contribution in [0.4, 0.5) is 5.82 Å². The molecule has 4 aromatic rings. The van der Waals surface area contributed by atoms with Gasteiger partial charge < -0.3 is 15.0 Å². The molecule has 0 spiro atoms. The fourth-order valence-corrected chi connectivity index (χ4v) is 4.46. The summed E-state index contributed by atoms with van der Waals surface area (Å²) in [6.07, 6.45) is 1.95. The van der Waals surface area contributed by atoms with Crippen LogP contribution in [-0.2, 0) is 0 Å². The average molecular weight is 424 g/mol. The van der Waals surface area contributed by atoms with Crippen molar-refractivity contribution in [2.45, 2.75) is 11.8 Å². The maximum atomic E-state index is 5.44. The number of ether oxygens (including phenoxy) is 1. The summed E-state index contributed by atoms with van der Waals surface area (Å²) in [7, 11) is 1.69. The number of para-hydroxylation sites is 1. The number of nitrogens with one attached hydrogen (secondary N) is 1. The Hall–Kier alpha value is -3.51. The van der Waals surface area contributed by atoms with Crippen molar-refractivity contribution in [2.75, 3.05) is 38.2 Å². The van der Waals surface area contributed by atoms with Crippen LogP contribution in [0.2, 0.25) is 0 Å². The van der Waals surface area contributed by atoms with Gasteiger partial charge in [0.05, 0.1) is 29.7 Å². The smallest absolute Gasteiger partial charge is 0.129 e. The Morgan fingerprint density at radius 3 is 2.62 bits per heavy atom. The number of fused-ring (bicyclic) bond motifs is 1. The molecule has 6 rings (SSSR count). The number of benzene rings is 2. The van der Waals surface area contributed by atoms with Crippen LogP contribution in [0.15, 0.2) is 66.9 Å². The van der Waals surface area contributed by atoms with Gasteiger partial charge in [0.2, 0.25) is 0 Å². The van der Waals surface area contributed by atoms with Crippen LogP contribution in [-0.4, -0.2) is 48.2 Å². The molecular weight excluding hydrogens is 398 g/mol. The third-order valence-electron chi connectivity index (χ3n) is 6.54. The number of anilines is 1. The highest BCUT2D eigenvalue weighted by molar-refractivity contribution is 5.80. The number of aromatic nitrogens is 3. The summed E-state index contributed by atoms with van der Waals surface area (Å²) in [5, 5.41) is 4.51. The summed E-state index contributed by atoms with van der Waals surface area (Å²) < 4.78 is 5.44. The van der Waals surface area contributed by atoms with Gasteiger partial charge in [-0.15, -0.1) is 0 Å². The fraction of sp³-hybridized carbons (Fsp3) is 0.269. The van der Waals surface area contributed by atoms with Crippen LogP contribution < -0.4 is 15.0 Å². The van der Waals surface area contributed by atoms with Gasteiger partial charge in [-0.3, -0.25) is 9.97 Å². The predicted molar refractivity (Wildman–Crippen MR) is 126 cm³/mol. The maximum absolute atomic E-state index is 5.44. The summed E-state index contributed by atoms with van der Waals surface area (Å²) in [6, 6.07) is 20.6. The maximum Gasteiger partial charge on any atom is 0.129 e. The first-order valence-electron chi connectivity index (χ1n) is 11.1. The van der Waals surface area contributed by atoms with E-state index in [9.17, 15) is 0 Å². The zero-order valence-corrected chi connectivity index (χ0v) is 18.0. The minimum Gasteiger partial charge on any atom is -0.497 e. The molecule has 6 heteroatoms. The molecule has 2 aromatic heterocycles. The van der Waals surface area contributed by atoms with Gasteiger partial charge in [-0.2, -0.15) is 0 Å². The van der Waals surface area contributed by atoms with Gasteiger partial charge in [-0.05, 0) is 30.3 Å². The molecule has 4 heterocycles. The number of rotatable bonds is 5. The second kappa shape index (κ2) is 7.88. The van der Waals surface area contributed by atoms with Gasteiger partial charge in [0.25, 0.3) is 0 Å². The molecule has 0 amide bonds. The van der Waals surface area contributed by atoms with Crippen molar-refractivity contribution < 1.29 is 4.74 Å². The van der Waals surface area contributed by atoms with Crippen molar-refractivity contribution in [3.8, 4) is 17.0 Å². The molecule has 1 N–H and O–H groups in total. The average Bonchev–Trinajstić information content (AvgIpc) is 2.77. The van der Waals surface area contributed by atoms with Crippen LogP contribution in [0.5, 0.6) is 5.75 Å². The van der Waals surface area contributed by atoms with Crippen molar-refractivity contribution in [2.24, 2.45) is 0 Å². The Labute approximate surface area is 187 Å². The van der Waals surface area contributed by atoms with Crippen LogP contribution in [0.1, 0.15) is 23.2 Å². The molecule has 0 radical (unpaired) electrons. The minimum atomic E-state index is 0.324. The molecule has 0 saturated carbocycles. The molecule has 0 bridgehead atoms. The van der Waals surface area contributed by atoms with E-state index >= 15 is 0 Å². The standard InChI is InChI=1S/C26H25N5O/c1-32-21-7-4-6-18(11-21)25-26(30-23(14-28-25)19-12-27-13-19)20-15-31(16-20)24-10-9-17-5-2-3-8-22(17)29-24/h2-11,14,19-20,27H,12-13,15-16H2,1H3. The Balaban J connectivity index is 1.31. The van der Waals surface area contributed by atoms with Crippen molar-refractivity contribution in [1.82, 2.24) is 20.3 Å². The zero-order valence-electron chi connectivity index (χ0n) is 18.0. The van der Waals surface area contributed by atoms with E-state index in [0.29, 0.717) is 11.8 Å². The monoisotopic (exact) mass is 423 g/mol. The molecular formula is C26H25N5O. The number of methoxy groups -OCH3 is 1. The van der Waals surface area contributed by atoms with Crippen LogP contribution in [0.3, 0.4) is 0 Å². The quantitative estimate of drug-likeness (QED) is 0.524. The van der Waals surface area contributed by atoms with Crippen molar-refractivity contribution in [3.05, 3.63) is 78.2 Å². The normalized spacial score (nSPS) is 16.6. The second-order valence-electron chi connectivity index (χ2n) is 8.58. The van der Waals surface area contributed by atoms with Gasteiger partial charge in [0.15, 0.2) is 0 Å². The molecule has 0 atom stereocenters. The lowest BCUT2D eigenvalue weighted by Gasteiger charge is -2.40. The molecule has 2 aliphatic heterocycles. The highest BCUT2D eigenvalue weighted by Gasteiger charge is 2.34. The van der Waals surface area contributed by atoms with Crippen molar-refractivity contribution >= 4 is 16.7 Å². The van der Waals surface area contributed by atoms with E-state index in [1.165, 1.54) is 5.39 Å². The van der Waals surface area contributed by atoms with Crippen molar-refractivity contribution in [3.63, 3.8) is 0 Å². The first kappa shape index (κ1) is 19.2. The Morgan fingerprint density at radius 1 is 0.938 bits per heavy atom. The SMILES string of the molecule is COc1cccc(-c2ncc(C3CNC3)nc2C2CN(c3ccc4ccccc4n3)C2)c1. The fourth-order valence-electron chi connectivity index (χ4n) is 4.46. The second-order valence-corrected chi connectivity index (χ2v) is 8.58. The highest BCUT2D eigenvalue weighted by atomic mass is 16.5. The zero-order chi connectivity index (χ0) is 21.5. The minimum absolute atomic E-state index is 0.324. The van der Waals surface area contributed by atoms with E-state index < -0.39 is 0 Å². The van der Waals surface area contributed by atoms with E-state index in [1.807, 2.05) is 36.5 Å². The lowest BCUT2D eigenvalue weighted by Crippen LogP contribution is -2.46. The molecule has 0 aliphatic carbocycles. The van der Waals surface area contributed by atoms with E-state index in [4.69, 9.17) is 19.7 Å². The number of hydrogen-bond acceptors (Lipinski definition) is 6. The Bertz CT molecular complexity index is 1280. The third kappa shape index (κ3) is 3.37. The van der Waals surface area contributed by atoms with Gasteiger partial charge in [0, 0.05) is 55.2 Å². The topological polar surface area (TPSA) is 63.2 Å². The Morgan fingerprint density at radius 2 is 1.81 bits per heavy atom. The molecule has 2 aliphatic rings. The lowest BCUT2D eigenvalue weighted by molar-refractivity contribution is 0.415. The number of hydrogen-bond donors (Lipinski definition) is 1. The lowest BCUT2D eigenvalue weighted by atomic mass is 9.91. The number of pyridine rings is 1. The van der Waals surface area contributed by atoms with Gasteiger partial charge in [-0.1, -0.05) is 30.3 Å². The molecule has 160 valence electrons. The van der Waals surface area contributed by atoms with Crippen LogP contribution in [0.25, 0.3) is 22.2 Å². The van der Waals surface area contributed by atoms with Crippen LogP contribution >= 0.6 is 0 Å². The highest BCUT2D eigenvalue weighted by Crippen LogP contribution is 2.36. The van der Waals surface area contributed by atoms with Crippen LogP contribution in [0, 0.1) is 0 Å². The van der Waals surface area contributed by atoms with Gasteiger partial charge >= 0.3 is 0 Å². The molecule has 2 fully saturated rings.